The summed E-state index contributed by atoms with van der Waals surface area (Å²) >= 11 is 3.18. The average molecular weight is 432 g/mol. The molecule has 0 unspecified atom stereocenters. The fraction of sp³-hybridized carbons (Fsp3) is 0.188. The maximum Gasteiger partial charge on any atom is 0.339 e. The van der Waals surface area contributed by atoms with Crippen molar-refractivity contribution in [2.45, 2.75) is 11.8 Å². The molecule has 0 amide bonds. The van der Waals surface area contributed by atoms with Crippen molar-refractivity contribution in [2.24, 2.45) is 0 Å². The van der Waals surface area contributed by atoms with Crippen LogP contribution in [0.3, 0.4) is 0 Å². The molecular formula is C16H15BrFNO5S. The number of methoxy groups -OCH3 is 1. The van der Waals surface area contributed by atoms with Crippen LogP contribution in [0.2, 0.25) is 0 Å². The molecule has 2 aromatic rings. The smallest absolute Gasteiger partial charge is 0.339 e. The predicted octanol–water partition coefficient (Wildman–Crippen LogP) is 3.57. The average Bonchev–Trinajstić information content (AvgIpc) is 2.55. The lowest BCUT2D eigenvalue weighted by atomic mass is 10.2. The van der Waals surface area contributed by atoms with E-state index < -0.39 is 21.8 Å². The van der Waals surface area contributed by atoms with E-state index in [-0.39, 0.29) is 28.5 Å². The number of carbonyl (C=O) groups excluding carboxylic acids is 1. The molecule has 134 valence electrons. The van der Waals surface area contributed by atoms with Crippen molar-refractivity contribution >= 4 is 37.6 Å². The number of anilines is 1. The fourth-order valence-electron chi connectivity index (χ4n) is 1.98. The van der Waals surface area contributed by atoms with Gasteiger partial charge in [-0.3, -0.25) is 4.72 Å². The second-order valence-electron chi connectivity index (χ2n) is 4.82. The number of ether oxygens (including phenoxy) is 2. The van der Waals surface area contributed by atoms with E-state index in [2.05, 4.69) is 20.7 Å². The van der Waals surface area contributed by atoms with Gasteiger partial charge in [-0.25, -0.2) is 17.6 Å². The van der Waals surface area contributed by atoms with E-state index in [4.69, 9.17) is 9.47 Å². The highest BCUT2D eigenvalue weighted by molar-refractivity contribution is 9.10. The Balaban J connectivity index is 2.35. The Morgan fingerprint density at radius 2 is 1.96 bits per heavy atom. The summed E-state index contributed by atoms with van der Waals surface area (Å²) in [5.41, 5.74) is 0.101. The van der Waals surface area contributed by atoms with Crippen molar-refractivity contribution in [1.29, 1.82) is 0 Å². The van der Waals surface area contributed by atoms with Crippen LogP contribution in [0.5, 0.6) is 5.75 Å². The van der Waals surface area contributed by atoms with Gasteiger partial charge >= 0.3 is 5.97 Å². The highest BCUT2D eigenvalue weighted by atomic mass is 79.9. The molecule has 0 atom stereocenters. The maximum absolute atomic E-state index is 13.7. The van der Waals surface area contributed by atoms with Crippen LogP contribution in [0.25, 0.3) is 0 Å². The topological polar surface area (TPSA) is 81.7 Å². The van der Waals surface area contributed by atoms with Crippen molar-refractivity contribution in [2.75, 3.05) is 18.4 Å². The Morgan fingerprint density at radius 3 is 2.56 bits per heavy atom. The monoisotopic (exact) mass is 431 g/mol. The van der Waals surface area contributed by atoms with E-state index in [1.54, 1.807) is 6.92 Å². The summed E-state index contributed by atoms with van der Waals surface area (Å²) in [6.07, 6.45) is 0. The number of rotatable bonds is 6. The lowest BCUT2D eigenvalue weighted by molar-refractivity contribution is 0.0525. The third kappa shape index (κ3) is 4.49. The second kappa shape index (κ2) is 7.83. The zero-order chi connectivity index (χ0) is 18.6. The Kier molecular flexibility index (Phi) is 6.02. The SMILES string of the molecule is CCOC(=O)c1cc(S(=O)(=O)Nc2ccc(OC)c(F)c2)ccc1Br. The van der Waals surface area contributed by atoms with Crippen LogP contribution < -0.4 is 9.46 Å². The predicted molar refractivity (Wildman–Crippen MR) is 93.9 cm³/mol. The van der Waals surface area contributed by atoms with E-state index in [9.17, 15) is 17.6 Å². The molecule has 0 spiro atoms. The quantitative estimate of drug-likeness (QED) is 0.706. The van der Waals surface area contributed by atoms with Crippen LogP contribution in [0.15, 0.2) is 45.8 Å². The molecule has 0 heterocycles. The van der Waals surface area contributed by atoms with Crippen molar-refractivity contribution in [3.8, 4) is 5.75 Å². The third-order valence-electron chi connectivity index (χ3n) is 3.15. The second-order valence-corrected chi connectivity index (χ2v) is 7.35. The van der Waals surface area contributed by atoms with E-state index in [1.165, 1.54) is 37.4 Å². The maximum atomic E-state index is 13.7. The summed E-state index contributed by atoms with van der Waals surface area (Å²) in [7, 11) is -2.72. The van der Waals surface area contributed by atoms with Gasteiger partial charge in [0.05, 0.1) is 29.9 Å². The third-order valence-corrected chi connectivity index (χ3v) is 5.22. The summed E-state index contributed by atoms with van der Waals surface area (Å²) in [4.78, 5) is 11.7. The Hall–Kier alpha value is -2.13. The summed E-state index contributed by atoms with van der Waals surface area (Å²) in [5.74, 6) is -1.36. The molecule has 1 N–H and O–H groups in total. The molecule has 0 fully saturated rings. The zero-order valence-corrected chi connectivity index (χ0v) is 15.8. The molecule has 0 saturated carbocycles. The molecule has 2 aromatic carbocycles. The highest BCUT2D eigenvalue weighted by Gasteiger charge is 2.20. The van der Waals surface area contributed by atoms with E-state index >= 15 is 0 Å². The first-order valence-corrected chi connectivity index (χ1v) is 9.39. The number of carbonyl (C=O) groups is 1. The summed E-state index contributed by atoms with van der Waals surface area (Å²) in [5, 5.41) is 0. The molecule has 9 heteroatoms. The molecule has 0 radical (unpaired) electrons. The van der Waals surface area contributed by atoms with Crippen molar-refractivity contribution < 1.29 is 27.1 Å². The number of nitrogens with one attached hydrogen (secondary N) is 1. The minimum absolute atomic E-state index is 0.00353. The lowest BCUT2D eigenvalue weighted by Crippen LogP contribution is -2.14. The minimum Gasteiger partial charge on any atom is -0.494 e. The van der Waals surface area contributed by atoms with Gasteiger partial charge in [0.1, 0.15) is 0 Å². The minimum atomic E-state index is -4.02. The first-order valence-electron chi connectivity index (χ1n) is 7.11. The first kappa shape index (κ1) is 19.2. The van der Waals surface area contributed by atoms with Crippen LogP contribution >= 0.6 is 15.9 Å². The molecule has 6 nitrogen and oxygen atoms in total. The lowest BCUT2D eigenvalue weighted by Gasteiger charge is -2.11. The standard InChI is InChI=1S/C16H15BrFNO5S/c1-3-24-16(20)12-9-11(5-6-13(12)17)25(21,22)19-10-4-7-15(23-2)14(18)8-10/h4-9,19H,3H2,1-2H3. The number of benzene rings is 2. The van der Waals surface area contributed by atoms with Crippen molar-refractivity contribution in [3.05, 3.63) is 52.3 Å². The molecule has 0 aliphatic carbocycles. The van der Waals surface area contributed by atoms with Crippen molar-refractivity contribution in [1.82, 2.24) is 0 Å². The Morgan fingerprint density at radius 1 is 1.24 bits per heavy atom. The van der Waals surface area contributed by atoms with Gasteiger partial charge in [-0.15, -0.1) is 0 Å². The van der Waals surface area contributed by atoms with Crippen LogP contribution in [0.4, 0.5) is 10.1 Å². The largest absolute Gasteiger partial charge is 0.494 e. The molecular weight excluding hydrogens is 417 g/mol. The Labute approximate surface area is 153 Å². The summed E-state index contributed by atoms with van der Waals surface area (Å²) < 4.78 is 51.0. The summed E-state index contributed by atoms with van der Waals surface area (Å²) in [6, 6.07) is 7.60. The molecule has 0 aromatic heterocycles. The van der Waals surface area contributed by atoms with Crippen LogP contribution in [-0.2, 0) is 14.8 Å². The number of esters is 1. The van der Waals surface area contributed by atoms with Crippen LogP contribution in [0, 0.1) is 5.82 Å². The van der Waals surface area contributed by atoms with Gasteiger partial charge in [-0.2, -0.15) is 0 Å². The van der Waals surface area contributed by atoms with Gasteiger partial charge in [0.25, 0.3) is 10.0 Å². The highest BCUT2D eigenvalue weighted by Crippen LogP contribution is 2.25. The first-order chi connectivity index (χ1) is 11.8. The fourth-order valence-corrected chi connectivity index (χ4v) is 3.46. The van der Waals surface area contributed by atoms with Gasteiger partial charge in [0.15, 0.2) is 11.6 Å². The number of hydrogen-bond donors (Lipinski definition) is 1. The molecule has 0 aliphatic rings. The molecule has 0 saturated heterocycles. The van der Waals surface area contributed by atoms with Gasteiger partial charge in [-0.1, -0.05) is 0 Å². The van der Waals surface area contributed by atoms with E-state index in [1.807, 2.05) is 0 Å². The summed E-state index contributed by atoms with van der Waals surface area (Å²) in [6.45, 7) is 1.80. The van der Waals surface area contributed by atoms with E-state index in [0.717, 1.165) is 6.07 Å². The zero-order valence-electron chi connectivity index (χ0n) is 13.4. The molecule has 2 rings (SSSR count). The number of halogens is 2. The van der Waals surface area contributed by atoms with Gasteiger partial charge < -0.3 is 9.47 Å². The Bertz CT molecular complexity index is 901. The molecule has 25 heavy (non-hydrogen) atoms. The number of sulfonamides is 1. The molecule has 0 aliphatic heterocycles. The van der Waals surface area contributed by atoms with Gasteiger partial charge in [0, 0.05) is 10.5 Å². The van der Waals surface area contributed by atoms with Crippen molar-refractivity contribution in [3.63, 3.8) is 0 Å². The van der Waals surface area contributed by atoms with Crippen LogP contribution in [-0.4, -0.2) is 28.1 Å². The van der Waals surface area contributed by atoms with Gasteiger partial charge in [-0.05, 0) is 53.2 Å². The number of hydrogen-bond acceptors (Lipinski definition) is 5. The van der Waals surface area contributed by atoms with Gasteiger partial charge in [0.2, 0.25) is 0 Å². The molecule has 0 bridgehead atoms. The van der Waals surface area contributed by atoms with Crippen LogP contribution in [0.1, 0.15) is 17.3 Å². The normalized spacial score (nSPS) is 11.0. The van der Waals surface area contributed by atoms with E-state index in [0.29, 0.717) is 4.47 Å².